The first-order valence-electron chi connectivity index (χ1n) is 4.06. The van der Waals surface area contributed by atoms with Crippen LogP contribution in [0.3, 0.4) is 0 Å². The molecule has 0 radical (unpaired) electrons. The van der Waals surface area contributed by atoms with Crippen LogP contribution in [-0.2, 0) is 11.2 Å². The Bertz CT molecular complexity index is 385. The minimum Gasteiger partial charge on any atom is -0.325 e. The van der Waals surface area contributed by atoms with E-state index < -0.39 is 11.9 Å². The van der Waals surface area contributed by atoms with Crippen molar-refractivity contribution in [1.82, 2.24) is 20.3 Å². The van der Waals surface area contributed by atoms with Gasteiger partial charge >= 0.3 is 6.03 Å². The van der Waals surface area contributed by atoms with E-state index in [4.69, 9.17) is 5.84 Å². The van der Waals surface area contributed by atoms with Crippen LogP contribution in [0.5, 0.6) is 0 Å². The van der Waals surface area contributed by atoms with E-state index in [1.165, 1.54) is 10.8 Å². The Labute approximate surface area is 79.3 Å². The van der Waals surface area contributed by atoms with Gasteiger partial charge in [0.25, 0.3) is 5.91 Å². The molecule has 2 heterocycles. The van der Waals surface area contributed by atoms with Crippen LogP contribution >= 0.6 is 0 Å². The fourth-order valence-electron chi connectivity index (χ4n) is 1.38. The topological polar surface area (TPSA) is 102 Å². The number of carbonyl (C=O) groups is 2. The van der Waals surface area contributed by atoms with Gasteiger partial charge in [-0.05, 0) is 0 Å². The molecular formula is C7H9N5O2. The Kier molecular flexibility index (Phi) is 1.93. The van der Waals surface area contributed by atoms with E-state index in [2.05, 4.69) is 10.3 Å². The first-order chi connectivity index (χ1) is 6.72. The average molecular weight is 195 g/mol. The highest BCUT2D eigenvalue weighted by Crippen LogP contribution is 2.07. The molecule has 1 atom stereocenters. The fraction of sp³-hybridized carbons (Fsp3) is 0.286. The Morgan fingerprint density at radius 1 is 1.79 bits per heavy atom. The number of nitrogens with zero attached hydrogens (tertiary/aromatic N) is 2. The number of imidazole rings is 1. The summed E-state index contributed by atoms with van der Waals surface area (Å²) < 4.78 is 1.36. The molecule has 4 N–H and O–H groups in total. The normalized spacial score (nSPS) is 19.8. The number of aromatic nitrogens is 2. The van der Waals surface area contributed by atoms with E-state index >= 15 is 0 Å². The highest BCUT2D eigenvalue weighted by molar-refractivity contribution is 5.89. The molecule has 7 heteroatoms. The predicted octanol–water partition coefficient (Wildman–Crippen LogP) is -1.64. The van der Waals surface area contributed by atoms with Gasteiger partial charge in [0, 0.05) is 18.8 Å². The molecule has 2 rings (SSSR count). The van der Waals surface area contributed by atoms with Gasteiger partial charge in [-0.15, -0.1) is 0 Å². The molecule has 0 saturated heterocycles. The second-order valence-corrected chi connectivity index (χ2v) is 2.93. The maximum absolute atomic E-state index is 11.4. The van der Waals surface area contributed by atoms with Crippen LogP contribution in [0.1, 0.15) is 5.82 Å². The van der Waals surface area contributed by atoms with E-state index in [0.717, 1.165) is 0 Å². The van der Waals surface area contributed by atoms with Crippen LogP contribution in [-0.4, -0.2) is 27.5 Å². The van der Waals surface area contributed by atoms with Crippen molar-refractivity contribution in [3.63, 3.8) is 0 Å². The molecule has 14 heavy (non-hydrogen) atoms. The number of hydrogen-bond acceptors (Lipinski definition) is 4. The standard InChI is InChI=1S/C7H9N5O2/c8-11-6(13)4-3-5-9-1-2-12(5)7(14)10-4/h1-2,4H,3,8H2,(H,10,14)(H,11,13). The summed E-state index contributed by atoms with van der Waals surface area (Å²) in [5, 5.41) is 2.50. The van der Waals surface area contributed by atoms with Crippen molar-refractivity contribution in [3.8, 4) is 0 Å². The third-order valence-electron chi connectivity index (χ3n) is 2.08. The Morgan fingerprint density at radius 2 is 2.57 bits per heavy atom. The molecule has 0 saturated carbocycles. The smallest absolute Gasteiger partial charge is 0.325 e. The van der Waals surface area contributed by atoms with Crippen molar-refractivity contribution in [2.45, 2.75) is 12.5 Å². The number of nitrogens with two attached hydrogens (primary N) is 1. The molecule has 0 spiro atoms. The second kappa shape index (κ2) is 3.11. The Balaban J connectivity index is 2.25. The van der Waals surface area contributed by atoms with Crippen LogP contribution in [0, 0.1) is 0 Å². The van der Waals surface area contributed by atoms with E-state index in [9.17, 15) is 9.59 Å². The van der Waals surface area contributed by atoms with E-state index in [0.29, 0.717) is 12.2 Å². The highest BCUT2D eigenvalue weighted by Gasteiger charge is 2.28. The third-order valence-corrected chi connectivity index (χ3v) is 2.08. The number of carbonyl (C=O) groups excluding carboxylic acids is 2. The number of nitrogens with one attached hydrogen (secondary N) is 2. The number of amides is 2. The summed E-state index contributed by atoms with van der Waals surface area (Å²) >= 11 is 0. The van der Waals surface area contributed by atoms with Gasteiger partial charge in [0.1, 0.15) is 11.9 Å². The number of hydrazine groups is 1. The quantitative estimate of drug-likeness (QED) is 0.284. The minimum absolute atomic E-state index is 0.349. The SMILES string of the molecule is NNC(=O)C1Cc2nccn2C(=O)N1. The van der Waals surface area contributed by atoms with Gasteiger partial charge in [-0.2, -0.15) is 0 Å². The lowest BCUT2D eigenvalue weighted by atomic mass is 10.1. The molecule has 0 fully saturated rings. The monoisotopic (exact) mass is 195 g/mol. The third kappa shape index (κ3) is 1.23. The summed E-state index contributed by atoms with van der Waals surface area (Å²) in [6.45, 7) is 0. The Hall–Kier alpha value is -1.89. The largest absolute Gasteiger partial charge is 0.327 e. The van der Waals surface area contributed by atoms with Crippen LogP contribution in [0.4, 0.5) is 4.79 Å². The summed E-state index contributed by atoms with van der Waals surface area (Å²) in [6.07, 6.45) is 3.40. The van der Waals surface area contributed by atoms with Gasteiger partial charge in [0.05, 0.1) is 0 Å². The molecule has 1 aliphatic heterocycles. The molecule has 2 amide bonds. The van der Waals surface area contributed by atoms with Crippen LogP contribution < -0.4 is 16.6 Å². The minimum atomic E-state index is -0.637. The van der Waals surface area contributed by atoms with Crippen LogP contribution in [0.15, 0.2) is 12.4 Å². The molecule has 0 aliphatic carbocycles. The molecular weight excluding hydrogens is 186 g/mol. The molecule has 74 valence electrons. The van der Waals surface area contributed by atoms with Gasteiger partial charge in [-0.3, -0.25) is 14.8 Å². The zero-order valence-electron chi connectivity index (χ0n) is 7.23. The van der Waals surface area contributed by atoms with Gasteiger partial charge in [-0.1, -0.05) is 0 Å². The van der Waals surface area contributed by atoms with Gasteiger partial charge < -0.3 is 5.32 Å². The molecule has 7 nitrogen and oxygen atoms in total. The van der Waals surface area contributed by atoms with Crippen molar-refractivity contribution in [3.05, 3.63) is 18.2 Å². The van der Waals surface area contributed by atoms with Crippen LogP contribution in [0.2, 0.25) is 0 Å². The summed E-state index contributed by atoms with van der Waals surface area (Å²) in [5.41, 5.74) is 1.99. The molecule has 1 aliphatic rings. The van der Waals surface area contributed by atoms with Gasteiger partial charge in [-0.25, -0.2) is 15.6 Å². The van der Waals surface area contributed by atoms with Crippen molar-refractivity contribution in [2.75, 3.05) is 0 Å². The number of fused-ring (bicyclic) bond motifs is 1. The zero-order chi connectivity index (χ0) is 10.1. The maximum Gasteiger partial charge on any atom is 0.327 e. The lowest BCUT2D eigenvalue weighted by Crippen LogP contribution is -2.54. The summed E-state index contributed by atoms with van der Waals surface area (Å²) in [6, 6.07) is -1.00. The van der Waals surface area contributed by atoms with Gasteiger partial charge in [0.2, 0.25) is 0 Å². The molecule has 0 aromatic carbocycles. The van der Waals surface area contributed by atoms with E-state index in [1.54, 1.807) is 6.20 Å². The number of hydrogen-bond donors (Lipinski definition) is 3. The van der Waals surface area contributed by atoms with Crippen molar-refractivity contribution in [1.29, 1.82) is 0 Å². The van der Waals surface area contributed by atoms with Crippen molar-refractivity contribution >= 4 is 11.9 Å². The number of rotatable bonds is 1. The predicted molar refractivity (Wildman–Crippen MR) is 46.0 cm³/mol. The lowest BCUT2D eigenvalue weighted by molar-refractivity contribution is -0.123. The fourth-order valence-corrected chi connectivity index (χ4v) is 1.38. The molecule has 0 bridgehead atoms. The summed E-state index contributed by atoms with van der Waals surface area (Å²) in [4.78, 5) is 26.5. The molecule has 1 aromatic rings. The van der Waals surface area contributed by atoms with Crippen molar-refractivity contribution in [2.24, 2.45) is 5.84 Å². The maximum atomic E-state index is 11.4. The summed E-state index contributed by atoms with van der Waals surface area (Å²) in [7, 11) is 0. The zero-order valence-corrected chi connectivity index (χ0v) is 7.23. The molecule has 1 aromatic heterocycles. The molecule has 1 unspecified atom stereocenters. The first-order valence-corrected chi connectivity index (χ1v) is 4.06. The first kappa shape index (κ1) is 8.70. The van der Waals surface area contributed by atoms with E-state index in [-0.39, 0.29) is 6.03 Å². The average Bonchev–Trinajstić information content (AvgIpc) is 2.64. The second-order valence-electron chi connectivity index (χ2n) is 2.93. The van der Waals surface area contributed by atoms with Crippen LogP contribution in [0.25, 0.3) is 0 Å². The van der Waals surface area contributed by atoms with E-state index in [1.807, 2.05) is 5.43 Å². The van der Waals surface area contributed by atoms with Gasteiger partial charge in [0.15, 0.2) is 0 Å². The Morgan fingerprint density at radius 3 is 3.29 bits per heavy atom. The van der Waals surface area contributed by atoms with Crippen molar-refractivity contribution < 1.29 is 9.59 Å². The summed E-state index contributed by atoms with van der Waals surface area (Å²) in [5.74, 6) is 5.10. The highest BCUT2D eigenvalue weighted by atomic mass is 16.2. The lowest BCUT2D eigenvalue weighted by Gasteiger charge is -2.22.